The van der Waals surface area contributed by atoms with Crippen molar-refractivity contribution in [2.45, 2.75) is 30.7 Å². The number of hydrogen-bond donors (Lipinski definition) is 2. The molecule has 2 rings (SSSR count). The topological polar surface area (TPSA) is 108 Å². The smallest absolute Gasteiger partial charge is 0.332 e. The Kier molecular flexibility index (Phi) is 5.65. The van der Waals surface area contributed by atoms with Crippen molar-refractivity contribution < 1.29 is 12.3 Å². The van der Waals surface area contributed by atoms with Crippen LogP contribution >= 0.6 is 0 Å². The molecule has 126 valence electrons. The van der Waals surface area contributed by atoms with E-state index >= 15 is 0 Å². The normalized spacial score (nSPS) is 12.2. The summed E-state index contributed by atoms with van der Waals surface area (Å²) in [7, 11) is -4.71. The van der Waals surface area contributed by atoms with Gasteiger partial charge in [-0.2, -0.15) is 13.7 Å². The lowest BCUT2D eigenvalue weighted by atomic mass is 10.2. The largest absolute Gasteiger partial charge is 0.367 e. The Labute approximate surface area is 139 Å². The van der Waals surface area contributed by atoms with Crippen LogP contribution in [-0.4, -0.2) is 24.4 Å². The number of anilines is 3. The molecule has 2 N–H and O–H groups in total. The lowest BCUT2D eigenvalue weighted by Crippen LogP contribution is -2.17. The van der Waals surface area contributed by atoms with Crippen LogP contribution in [0.1, 0.15) is 19.8 Å². The summed E-state index contributed by atoms with van der Waals surface area (Å²) in [4.78, 5) is 7.80. The summed E-state index contributed by atoms with van der Waals surface area (Å²) >= 11 is 0. The predicted molar refractivity (Wildman–Crippen MR) is 88.0 cm³/mol. The molecule has 0 saturated heterocycles. The Hall–Kier alpha value is -2.73. The second-order valence-corrected chi connectivity index (χ2v) is 6.34. The minimum Gasteiger partial charge on any atom is -0.367 e. The molecular formula is C15H16FN5O2S. The second-order valence-electron chi connectivity index (χ2n) is 5.00. The summed E-state index contributed by atoms with van der Waals surface area (Å²) < 4.78 is 34.3. The number of nitriles is 1. The van der Waals surface area contributed by atoms with Gasteiger partial charge in [-0.1, -0.05) is 13.3 Å². The molecule has 2 aromatic rings. The summed E-state index contributed by atoms with van der Waals surface area (Å²) in [6.07, 6.45) is 4.68. The van der Waals surface area contributed by atoms with Crippen molar-refractivity contribution in [3.8, 4) is 6.07 Å². The van der Waals surface area contributed by atoms with Crippen LogP contribution in [0.3, 0.4) is 0 Å². The van der Waals surface area contributed by atoms with Crippen molar-refractivity contribution in [2.75, 3.05) is 10.6 Å². The van der Waals surface area contributed by atoms with Crippen LogP contribution in [0.2, 0.25) is 0 Å². The zero-order valence-corrected chi connectivity index (χ0v) is 13.7. The maximum atomic E-state index is 12.8. The molecule has 0 fully saturated rings. The highest BCUT2D eigenvalue weighted by Crippen LogP contribution is 2.18. The van der Waals surface area contributed by atoms with E-state index in [0.717, 1.165) is 25.0 Å². The number of nitrogens with one attached hydrogen (secondary N) is 2. The fourth-order valence-corrected chi connectivity index (χ4v) is 2.42. The summed E-state index contributed by atoms with van der Waals surface area (Å²) in [5, 5.41) is 14.9. The molecular weight excluding hydrogens is 333 g/mol. The third-order valence-electron chi connectivity index (χ3n) is 3.12. The zero-order chi connectivity index (χ0) is 17.6. The van der Waals surface area contributed by atoms with E-state index in [4.69, 9.17) is 5.26 Å². The molecule has 0 aliphatic heterocycles. The van der Waals surface area contributed by atoms with Crippen molar-refractivity contribution in [1.29, 1.82) is 5.26 Å². The van der Waals surface area contributed by atoms with Gasteiger partial charge in [0.2, 0.25) is 5.95 Å². The second kappa shape index (κ2) is 7.70. The van der Waals surface area contributed by atoms with Crippen molar-refractivity contribution in [3.05, 3.63) is 36.7 Å². The molecule has 1 atom stereocenters. The van der Waals surface area contributed by atoms with E-state index in [2.05, 4.69) is 26.7 Å². The van der Waals surface area contributed by atoms with E-state index in [-0.39, 0.29) is 6.04 Å². The molecule has 7 nitrogen and oxygen atoms in total. The molecule has 1 heterocycles. The molecule has 0 saturated carbocycles. The third-order valence-corrected chi connectivity index (χ3v) is 3.95. The van der Waals surface area contributed by atoms with Gasteiger partial charge in [0.15, 0.2) is 0 Å². The monoisotopic (exact) mass is 349 g/mol. The Morgan fingerprint density at radius 3 is 2.33 bits per heavy atom. The first-order valence-corrected chi connectivity index (χ1v) is 8.60. The van der Waals surface area contributed by atoms with E-state index in [9.17, 15) is 12.3 Å². The fourth-order valence-electron chi connectivity index (χ4n) is 1.96. The Balaban J connectivity index is 2.02. The van der Waals surface area contributed by atoms with Gasteiger partial charge < -0.3 is 10.6 Å². The van der Waals surface area contributed by atoms with Gasteiger partial charge in [0.05, 0.1) is 29.0 Å². The Bertz CT molecular complexity index is 816. The molecule has 24 heavy (non-hydrogen) atoms. The Morgan fingerprint density at radius 1 is 1.21 bits per heavy atom. The zero-order valence-electron chi connectivity index (χ0n) is 12.9. The van der Waals surface area contributed by atoms with Gasteiger partial charge in [-0.15, -0.1) is 3.89 Å². The molecule has 1 unspecified atom stereocenters. The predicted octanol–water partition coefficient (Wildman–Crippen LogP) is 2.98. The SMILES string of the molecule is CCCC(C#N)Nc1cnc(Nc2ccc(S(=O)(=O)F)cc2)nc1. The van der Waals surface area contributed by atoms with Gasteiger partial charge in [0.25, 0.3) is 0 Å². The highest BCUT2D eigenvalue weighted by atomic mass is 32.3. The maximum Gasteiger partial charge on any atom is 0.332 e. The number of halogens is 1. The van der Waals surface area contributed by atoms with E-state index < -0.39 is 15.1 Å². The average molecular weight is 349 g/mol. The van der Waals surface area contributed by atoms with E-state index in [1.54, 1.807) is 0 Å². The molecule has 0 bridgehead atoms. The van der Waals surface area contributed by atoms with E-state index in [1.165, 1.54) is 24.5 Å². The summed E-state index contributed by atoms with van der Waals surface area (Å²) in [6.45, 7) is 2.00. The first-order valence-electron chi connectivity index (χ1n) is 7.22. The van der Waals surface area contributed by atoms with Gasteiger partial charge in [0.1, 0.15) is 6.04 Å². The fraction of sp³-hybridized carbons (Fsp3) is 0.267. The van der Waals surface area contributed by atoms with E-state index in [1.807, 2.05) is 6.92 Å². The van der Waals surface area contributed by atoms with Crippen molar-refractivity contribution in [3.63, 3.8) is 0 Å². The quantitative estimate of drug-likeness (QED) is 0.740. The molecule has 0 spiro atoms. The van der Waals surface area contributed by atoms with E-state index in [0.29, 0.717) is 17.3 Å². The first-order chi connectivity index (χ1) is 11.4. The molecule has 1 aromatic carbocycles. The number of rotatable bonds is 7. The number of nitrogens with zero attached hydrogens (tertiary/aromatic N) is 3. The molecule has 0 amide bonds. The standard InChI is InChI=1S/C15H16FN5O2S/c1-2-3-12(8-17)20-13-9-18-15(19-10-13)21-11-4-6-14(7-5-11)24(16,22)23/h4-7,9-10,12,20H,2-3H2,1H3,(H,18,19,21). The van der Waals surface area contributed by atoms with Crippen LogP contribution in [-0.2, 0) is 10.2 Å². The number of benzene rings is 1. The van der Waals surface area contributed by atoms with Crippen LogP contribution in [0, 0.1) is 11.3 Å². The molecule has 0 aliphatic rings. The van der Waals surface area contributed by atoms with Crippen molar-refractivity contribution in [2.24, 2.45) is 0 Å². The minimum atomic E-state index is -4.71. The lowest BCUT2D eigenvalue weighted by Gasteiger charge is -2.11. The van der Waals surface area contributed by atoms with Gasteiger partial charge in [-0.3, -0.25) is 0 Å². The maximum absolute atomic E-state index is 12.8. The number of hydrogen-bond acceptors (Lipinski definition) is 7. The third kappa shape index (κ3) is 4.89. The summed E-state index contributed by atoms with van der Waals surface area (Å²) in [5.74, 6) is 0.292. The summed E-state index contributed by atoms with van der Waals surface area (Å²) in [6, 6.07) is 6.98. The molecule has 0 radical (unpaired) electrons. The highest BCUT2D eigenvalue weighted by Gasteiger charge is 2.11. The highest BCUT2D eigenvalue weighted by molar-refractivity contribution is 7.86. The molecule has 1 aromatic heterocycles. The van der Waals surface area contributed by atoms with Crippen LogP contribution in [0.4, 0.5) is 21.2 Å². The van der Waals surface area contributed by atoms with Crippen LogP contribution in [0.25, 0.3) is 0 Å². The van der Waals surface area contributed by atoms with Gasteiger partial charge in [-0.05, 0) is 30.7 Å². The van der Waals surface area contributed by atoms with Crippen LogP contribution < -0.4 is 10.6 Å². The van der Waals surface area contributed by atoms with Gasteiger partial charge in [-0.25, -0.2) is 9.97 Å². The lowest BCUT2D eigenvalue weighted by molar-refractivity contribution is 0.552. The average Bonchev–Trinajstić information content (AvgIpc) is 2.56. The summed E-state index contributed by atoms with van der Waals surface area (Å²) in [5.41, 5.74) is 1.14. The molecule has 0 aliphatic carbocycles. The molecule has 9 heteroatoms. The van der Waals surface area contributed by atoms with Gasteiger partial charge >= 0.3 is 10.2 Å². The van der Waals surface area contributed by atoms with Gasteiger partial charge in [0, 0.05) is 5.69 Å². The van der Waals surface area contributed by atoms with Crippen molar-refractivity contribution in [1.82, 2.24) is 9.97 Å². The van der Waals surface area contributed by atoms with Crippen LogP contribution in [0.5, 0.6) is 0 Å². The first kappa shape index (κ1) is 17.6. The van der Waals surface area contributed by atoms with Crippen LogP contribution in [0.15, 0.2) is 41.6 Å². The Morgan fingerprint density at radius 2 is 1.83 bits per heavy atom. The minimum absolute atomic E-state index is 0.292. The number of aromatic nitrogens is 2. The van der Waals surface area contributed by atoms with Crippen molar-refractivity contribution >= 4 is 27.5 Å².